The van der Waals surface area contributed by atoms with Crippen LogP contribution in [0.4, 0.5) is 0 Å². The average molecular weight is 291 g/mol. The molecule has 0 atom stereocenters. The molecule has 1 amide bonds. The van der Waals surface area contributed by atoms with E-state index in [2.05, 4.69) is 29.1 Å². The number of rotatable bonds is 6. The Labute approximate surface area is 121 Å². The van der Waals surface area contributed by atoms with E-state index in [-0.39, 0.29) is 23.7 Å². The Kier molecular flexibility index (Phi) is 4.46. The van der Waals surface area contributed by atoms with Gasteiger partial charge in [0.1, 0.15) is 12.2 Å². The standard InChI is InChI=1S/C13H17N5O3/c1-8(2)3-5-10-15-11(21-17-10)7-18-12(19)6-4-9(16-18)13(14)20/h4,6,8H,3,5,7H2,1-2H3,(H2,14,20). The minimum atomic E-state index is -0.702. The fourth-order valence-corrected chi connectivity index (χ4v) is 1.70. The van der Waals surface area contributed by atoms with Crippen molar-refractivity contribution in [1.82, 2.24) is 19.9 Å². The minimum absolute atomic E-state index is 0.00847. The molecule has 0 aliphatic carbocycles. The molecule has 0 saturated heterocycles. The van der Waals surface area contributed by atoms with E-state index in [0.717, 1.165) is 11.1 Å². The van der Waals surface area contributed by atoms with Crippen molar-refractivity contribution >= 4 is 5.91 Å². The van der Waals surface area contributed by atoms with Crippen molar-refractivity contribution < 1.29 is 9.32 Å². The zero-order valence-electron chi connectivity index (χ0n) is 11.9. The van der Waals surface area contributed by atoms with Gasteiger partial charge in [-0.15, -0.1) is 0 Å². The van der Waals surface area contributed by atoms with Crippen LogP contribution in [-0.4, -0.2) is 25.8 Å². The second-order valence-electron chi connectivity index (χ2n) is 5.12. The number of amides is 1. The lowest BCUT2D eigenvalue weighted by molar-refractivity contribution is 0.0993. The van der Waals surface area contributed by atoms with Crippen LogP contribution in [0.25, 0.3) is 0 Å². The van der Waals surface area contributed by atoms with E-state index in [1.165, 1.54) is 12.1 Å². The van der Waals surface area contributed by atoms with Gasteiger partial charge in [0.15, 0.2) is 5.82 Å². The molecule has 0 unspecified atom stereocenters. The van der Waals surface area contributed by atoms with Gasteiger partial charge in [0.2, 0.25) is 5.89 Å². The lowest BCUT2D eigenvalue weighted by Crippen LogP contribution is -2.26. The molecule has 0 fully saturated rings. The van der Waals surface area contributed by atoms with Crippen LogP contribution in [-0.2, 0) is 13.0 Å². The van der Waals surface area contributed by atoms with Crippen molar-refractivity contribution in [2.24, 2.45) is 11.7 Å². The number of hydrogen-bond donors (Lipinski definition) is 1. The summed E-state index contributed by atoms with van der Waals surface area (Å²) in [6.07, 6.45) is 1.67. The van der Waals surface area contributed by atoms with Gasteiger partial charge in [-0.3, -0.25) is 9.59 Å². The Bertz CT molecular complexity index is 689. The second-order valence-corrected chi connectivity index (χ2v) is 5.12. The van der Waals surface area contributed by atoms with Crippen molar-refractivity contribution in [2.75, 3.05) is 0 Å². The molecule has 2 aromatic rings. The molecule has 2 heterocycles. The Balaban J connectivity index is 2.13. The smallest absolute Gasteiger partial charge is 0.269 e. The van der Waals surface area contributed by atoms with E-state index >= 15 is 0 Å². The predicted octanol–water partition coefficient (Wildman–Crippen LogP) is 0.362. The minimum Gasteiger partial charge on any atom is -0.364 e. The lowest BCUT2D eigenvalue weighted by Gasteiger charge is -2.01. The van der Waals surface area contributed by atoms with Crippen LogP contribution in [0.1, 0.15) is 42.5 Å². The Morgan fingerprint density at radius 2 is 2.19 bits per heavy atom. The molecule has 0 saturated carbocycles. The quantitative estimate of drug-likeness (QED) is 0.821. The van der Waals surface area contributed by atoms with Gasteiger partial charge in [-0.05, 0) is 18.4 Å². The summed E-state index contributed by atoms with van der Waals surface area (Å²) in [7, 11) is 0. The molecule has 112 valence electrons. The molecule has 8 nitrogen and oxygen atoms in total. The second kappa shape index (κ2) is 6.29. The van der Waals surface area contributed by atoms with E-state index in [4.69, 9.17) is 10.3 Å². The van der Waals surface area contributed by atoms with E-state index < -0.39 is 5.91 Å². The number of primary amides is 1. The number of aryl methyl sites for hydroxylation is 1. The van der Waals surface area contributed by atoms with Crippen LogP contribution in [0.5, 0.6) is 0 Å². The summed E-state index contributed by atoms with van der Waals surface area (Å²) in [4.78, 5) is 26.9. The average Bonchev–Trinajstić information content (AvgIpc) is 2.86. The van der Waals surface area contributed by atoms with Crippen molar-refractivity contribution in [3.63, 3.8) is 0 Å². The van der Waals surface area contributed by atoms with Crippen LogP contribution in [0.3, 0.4) is 0 Å². The highest BCUT2D eigenvalue weighted by atomic mass is 16.5. The summed E-state index contributed by atoms with van der Waals surface area (Å²) < 4.78 is 6.15. The van der Waals surface area contributed by atoms with Crippen LogP contribution in [0, 0.1) is 5.92 Å². The van der Waals surface area contributed by atoms with E-state index in [1.807, 2.05) is 0 Å². The molecule has 21 heavy (non-hydrogen) atoms. The Morgan fingerprint density at radius 1 is 1.43 bits per heavy atom. The van der Waals surface area contributed by atoms with Crippen molar-refractivity contribution in [3.05, 3.63) is 39.9 Å². The Morgan fingerprint density at radius 3 is 2.86 bits per heavy atom. The monoisotopic (exact) mass is 291 g/mol. The molecular weight excluding hydrogens is 274 g/mol. The molecule has 0 aliphatic heterocycles. The summed E-state index contributed by atoms with van der Waals surface area (Å²) in [5, 5.41) is 7.70. The van der Waals surface area contributed by atoms with Crippen LogP contribution >= 0.6 is 0 Å². The van der Waals surface area contributed by atoms with Crippen LogP contribution in [0.15, 0.2) is 21.5 Å². The Hall–Kier alpha value is -2.51. The fraction of sp³-hybridized carbons (Fsp3) is 0.462. The number of nitrogens with two attached hydrogens (primary N) is 1. The normalized spacial score (nSPS) is 11.0. The molecule has 2 rings (SSSR count). The number of carbonyl (C=O) groups is 1. The van der Waals surface area contributed by atoms with Crippen molar-refractivity contribution in [1.29, 1.82) is 0 Å². The zero-order chi connectivity index (χ0) is 15.4. The van der Waals surface area contributed by atoms with E-state index in [9.17, 15) is 9.59 Å². The molecule has 8 heteroatoms. The first kappa shape index (κ1) is 14.9. The summed E-state index contributed by atoms with van der Waals surface area (Å²) in [5.74, 6) is 0.707. The summed E-state index contributed by atoms with van der Waals surface area (Å²) in [5.41, 5.74) is 4.77. The number of carbonyl (C=O) groups excluding carboxylic acids is 1. The summed E-state index contributed by atoms with van der Waals surface area (Å²) >= 11 is 0. The third-order valence-electron chi connectivity index (χ3n) is 2.86. The highest BCUT2D eigenvalue weighted by Gasteiger charge is 2.11. The molecular formula is C13H17N5O3. The lowest BCUT2D eigenvalue weighted by atomic mass is 10.1. The molecule has 0 radical (unpaired) electrons. The predicted molar refractivity (Wildman–Crippen MR) is 73.6 cm³/mol. The van der Waals surface area contributed by atoms with Gasteiger partial charge in [-0.2, -0.15) is 10.1 Å². The van der Waals surface area contributed by atoms with Gasteiger partial charge >= 0.3 is 0 Å². The molecule has 2 N–H and O–H groups in total. The third kappa shape index (κ3) is 3.98. The maximum Gasteiger partial charge on any atom is 0.269 e. The molecule has 0 spiro atoms. The fourth-order valence-electron chi connectivity index (χ4n) is 1.70. The van der Waals surface area contributed by atoms with Gasteiger partial charge < -0.3 is 10.3 Å². The summed E-state index contributed by atoms with van der Waals surface area (Å²) in [6.45, 7) is 4.23. The maximum absolute atomic E-state index is 11.7. The van der Waals surface area contributed by atoms with E-state index in [0.29, 0.717) is 18.2 Å². The molecule has 0 aromatic carbocycles. The largest absolute Gasteiger partial charge is 0.364 e. The first-order valence-corrected chi connectivity index (χ1v) is 6.65. The van der Waals surface area contributed by atoms with Gasteiger partial charge in [-0.25, -0.2) is 4.68 Å². The van der Waals surface area contributed by atoms with Crippen LogP contribution in [0.2, 0.25) is 0 Å². The summed E-state index contributed by atoms with van der Waals surface area (Å²) in [6, 6.07) is 2.51. The van der Waals surface area contributed by atoms with Gasteiger partial charge in [0.05, 0.1) is 0 Å². The van der Waals surface area contributed by atoms with Crippen molar-refractivity contribution in [2.45, 2.75) is 33.2 Å². The number of aromatic nitrogens is 4. The molecule has 2 aromatic heterocycles. The highest BCUT2D eigenvalue weighted by molar-refractivity contribution is 5.90. The molecule has 0 aliphatic rings. The van der Waals surface area contributed by atoms with Crippen molar-refractivity contribution in [3.8, 4) is 0 Å². The van der Waals surface area contributed by atoms with E-state index in [1.54, 1.807) is 0 Å². The third-order valence-corrected chi connectivity index (χ3v) is 2.86. The topological polar surface area (TPSA) is 117 Å². The van der Waals surface area contributed by atoms with Crippen LogP contribution < -0.4 is 11.3 Å². The van der Waals surface area contributed by atoms with Gasteiger partial charge in [0.25, 0.3) is 11.5 Å². The molecule has 0 bridgehead atoms. The van der Waals surface area contributed by atoms with Gasteiger partial charge in [-0.1, -0.05) is 19.0 Å². The first-order chi connectivity index (χ1) is 9.95. The van der Waals surface area contributed by atoms with Gasteiger partial charge in [0, 0.05) is 12.5 Å². The first-order valence-electron chi connectivity index (χ1n) is 6.65. The SMILES string of the molecule is CC(C)CCc1noc(Cn2nc(C(N)=O)ccc2=O)n1. The number of nitrogens with zero attached hydrogens (tertiary/aromatic N) is 4. The zero-order valence-corrected chi connectivity index (χ0v) is 11.9. The highest BCUT2D eigenvalue weighted by Crippen LogP contribution is 2.06. The number of hydrogen-bond acceptors (Lipinski definition) is 6. The maximum atomic E-state index is 11.7.